The van der Waals surface area contributed by atoms with Crippen molar-refractivity contribution in [3.63, 3.8) is 0 Å². The molecule has 25 heavy (non-hydrogen) atoms. The number of methoxy groups -OCH3 is 1. The Morgan fingerprint density at radius 1 is 1.16 bits per heavy atom. The number of hydrogen-bond acceptors (Lipinski definition) is 5. The zero-order valence-electron chi connectivity index (χ0n) is 14.8. The molecule has 0 radical (unpaired) electrons. The van der Waals surface area contributed by atoms with Gasteiger partial charge in [-0.3, -0.25) is 9.69 Å². The minimum absolute atomic E-state index is 0.0392. The van der Waals surface area contributed by atoms with Crippen LogP contribution in [0.4, 0.5) is 8.78 Å². The number of hydrogen-bond donors (Lipinski definition) is 0. The molecule has 2 heterocycles. The summed E-state index contributed by atoms with van der Waals surface area (Å²) in [6, 6.07) is 0.131. The minimum atomic E-state index is -2.53. The van der Waals surface area contributed by atoms with Crippen LogP contribution in [-0.4, -0.2) is 86.6 Å². The predicted octanol–water partition coefficient (Wildman–Crippen LogP) is 1.49. The third kappa shape index (κ3) is 4.67. The second-order valence-electron chi connectivity index (χ2n) is 7.27. The summed E-state index contributed by atoms with van der Waals surface area (Å²) in [5, 5.41) is 0. The number of alkyl halides is 2. The molecule has 0 aromatic carbocycles. The van der Waals surface area contributed by atoms with E-state index in [0.29, 0.717) is 45.7 Å². The number of morpholine rings is 1. The fraction of sp³-hybridized carbons (Fsp3) is 0.941. The van der Waals surface area contributed by atoms with Gasteiger partial charge in [0.2, 0.25) is 11.8 Å². The van der Waals surface area contributed by atoms with E-state index in [2.05, 4.69) is 4.90 Å². The van der Waals surface area contributed by atoms with Crippen LogP contribution in [0.1, 0.15) is 32.1 Å². The lowest BCUT2D eigenvalue weighted by molar-refractivity contribution is -0.266. The van der Waals surface area contributed by atoms with E-state index in [4.69, 9.17) is 14.2 Å². The molecule has 3 fully saturated rings. The Bertz CT molecular complexity index is 470. The SMILES string of the molecule is COCC(=O)N1CCOC2(C1)CN(C1CCC(F)(F)CC1)CCCO2. The molecule has 2 saturated heterocycles. The van der Waals surface area contributed by atoms with Crippen LogP contribution in [0.2, 0.25) is 0 Å². The van der Waals surface area contributed by atoms with Crippen molar-refractivity contribution in [2.45, 2.75) is 49.9 Å². The van der Waals surface area contributed by atoms with Gasteiger partial charge in [-0.05, 0) is 19.3 Å². The third-order valence-electron chi connectivity index (χ3n) is 5.38. The van der Waals surface area contributed by atoms with Crippen LogP contribution in [0.5, 0.6) is 0 Å². The van der Waals surface area contributed by atoms with Crippen molar-refractivity contribution in [3.05, 3.63) is 0 Å². The van der Waals surface area contributed by atoms with Gasteiger partial charge in [0, 0.05) is 39.1 Å². The van der Waals surface area contributed by atoms with Crippen molar-refractivity contribution in [3.8, 4) is 0 Å². The van der Waals surface area contributed by atoms with Gasteiger partial charge >= 0.3 is 0 Å². The number of ether oxygens (including phenoxy) is 3. The molecular weight excluding hydrogens is 334 g/mol. The van der Waals surface area contributed by atoms with Crippen LogP contribution in [0.15, 0.2) is 0 Å². The van der Waals surface area contributed by atoms with Crippen molar-refractivity contribution in [1.29, 1.82) is 0 Å². The van der Waals surface area contributed by atoms with Gasteiger partial charge in [-0.2, -0.15) is 0 Å². The largest absolute Gasteiger partial charge is 0.375 e. The molecular formula is C17H28F2N2O4. The Morgan fingerprint density at radius 2 is 1.88 bits per heavy atom. The van der Waals surface area contributed by atoms with Crippen LogP contribution in [-0.2, 0) is 19.0 Å². The van der Waals surface area contributed by atoms with Crippen LogP contribution in [0.25, 0.3) is 0 Å². The van der Waals surface area contributed by atoms with Gasteiger partial charge in [0.1, 0.15) is 6.61 Å². The number of rotatable bonds is 3. The van der Waals surface area contributed by atoms with E-state index in [1.54, 1.807) is 4.90 Å². The van der Waals surface area contributed by atoms with E-state index in [9.17, 15) is 13.6 Å². The Morgan fingerprint density at radius 3 is 2.60 bits per heavy atom. The highest BCUT2D eigenvalue weighted by atomic mass is 19.3. The third-order valence-corrected chi connectivity index (χ3v) is 5.38. The van der Waals surface area contributed by atoms with Gasteiger partial charge < -0.3 is 19.1 Å². The maximum Gasteiger partial charge on any atom is 0.248 e. The summed E-state index contributed by atoms with van der Waals surface area (Å²) in [4.78, 5) is 16.1. The molecule has 144 valence electrons. The molecule has 1 aliphatic carbocycles. The standard InChI is InChI=1S/C17H28F2N2O4/c1-23-11-15(22)21-8-10-25-17(13-21)12-20(7-2-9-24-17)14-3-5-16(18,19)6-4-14/h14H,2-13H2,1H3. The van der Waals surface area contributed by atoms with Gasteiger partial charge in [-0.15, -0.1) is 0 Å². The highest BCUT2D eigenvalue weighted by molar-refractivity contribution is 5.77. The second kappa shape index (κ2) is 7.82. The Labute approximate surface area is 147 Å². The molecule has 8 heteroatoms. The first-order valence-electron chi connectivity index (χ1n) is 9.10. The summed E-state index contributed by atoms with van der Waals surface area (Å²) in [6.45, 7) is 3.19. The molecule has 3 rings (SSSR count). The minimum Gasteiger partial charge on any atom is -0.375 e. The Kier molecular flexibility index (Phi) is 5.92. The molecule has 6 nitrogen and oxygen atoms in total. The van der Waals surface area contributed by atoms with Crippen molar-refractivity contribution in [2.24, 2.45) is 0 Å². The van der Waals surface area contributed by atoms with E-state index in [-0.39, 0.29) is 31.4 Å². The molecule has 1 saturated carbocycles. The van der Waals surface area contributed by atoms with Crippen molar-refractivity contribution < 1.29 is 27.8 Å². The van der Waals surface area contributed by atoms with Gasteiger partial charge in [-0.1, -0.05) is 0 Å². The Hall–Kier alpha value is -0.830. The van der Waals surface area contributed by atoms with Gasteiger partial charge in [0.05, 0.1) is 26.3 Å². The fourth-order valence-electron chi connectivity index (χ4n) is 4.03. The highest BCUT2D eigenvalue weighted by Crippen LogP contribution is 2.36. The maximum atomic E-state index is 13.5. The summed E-state index contributed by atoms with van der Waals surface area (Å²) >= 11 is 0. The van der Waals surface area contributed by atoms with Gasteiger partial charge in [-0.25, -0.2) is 8.78 Å². The summed E-state index contributed by atoms with van der Waals surface area (Å²) in [6.07, 6.45) is 1.72. The summed E-state index contributed by atoms with van der Waals surface area (Å²) in [5.41, 5.74) is 0. The van der Waals surface area contributed by atoms with Crippen LogP contribution < -0.4 is 0 Å². The van der Waals surface area contributed by atoms with Crippen molar-refractivity contribution in [1.82, 2.24) is 9.80 Å². The normalized spacial score (nSPS) is 31.9. The lowest BCUT2D eigenvalue weighted by Crippen LogP contribution is -2.60. The monoisotopic (exact) mass is 362 g/mol. The number of carbonyl (C=O) groups is 1. The molecule has 1 unspecified atom stereocenters. The predicted molar refractivity (Wildman–Crippen MR) is 86.5 cm³/mol. The van der Waals surface area contributed by atoms with Gasteiger partial charge in [0.25, 0.3) is 0 Å². The van der Waals surface area contributed by atoms with Crippen LogP contribution >= 0.6 is 0 Å². The topological polar surface area (TPSA) is 51.2 Å². The van der Waals surface area contributed by atoms with Crippen LogP contribution in [0.3, 0.4) is 0 Å². The van der Waals surface area contributed by atoms with Crippen molar-refractivity contribution in [2.75, 3.05) is 53.1 Å². The number of halogens is 2. The van der Waals surface area contributed by atoms with Gasteiger partial charge in [0.15, 0.2) is 5.79 Å². The molecule has 1 amide bonds. The molecule has 3 aliphatic rings. The van der Waals surface area contributed by atoms with E-state index in [1.165, 1.54) is 7.11 Å². The molecule has 0 bridgehead atoms. The molecule has 0 N–H and O–H groups in total. The average Bonchev–Trinajstić information content (AvgIpc) is 2.78. The van der Waals surface area contributed by atoms with Crippen LogP contribution in [0, 0.1) is 0 Å². The quantitative estimate of drug-likeness (QED) is 0.761. The van der Waals surface area contributed by atoms with Crippen molar-refractivity contribution >= 4 is 5.91 Å². The van der Waals surface area contributed by atoms with E-state index >= 15 is 0 Å². The first kappa shape index (κ1) is 18.9. The zero-order chi connectivity index (χ0) is 17.9. The lowest BCUT2D eigenvalue weighted by Gasteiger charge is -2.45. The van der Waals surface area contributed by atoms with E-state index < -0.39 is 11.7 Å². The number of amides is 1. The van der Waals surface area contributed by atoms with E-state index in [0.717, 1.165) is 13.0 Å². The first-order chi connectivity index (χ1) is 11.9. The highest BCUT2D eigenvalue weighted by Gasteiger charge is 2.45. The zero-order valence-corrected chi connectivity index (χ0v) is 14.8. The Balaban J connectivity index is 1.65. The second-order valence-corrected chi connectivity index (χ2v) is 7.27. The fourth-order valence-corrected chi connectivity index (χ4v) is 4.03. The molecule has 0 aromatic rings. The summed E-state index contributed by atoms with van der Waals surface area (Å²) < 4.78 is 43.8. The first-order valence-corrected chi connectivity index (χ1v) is 9.10. The average molecular weight is 362 g/mol. The molecule has 0 aromatic heterocycles. The lowest BCUT2D eigenvalue weighted by atomic mass is 9.90. The summed E-state index contributed by atoms with van der Waals surface area (Å²) in [5.74, 6) is -3.47. The smallest absolute Gasteiger partial charge is 0.248 e. The summed E-state index contributed by atoms with van der Waals surface area (Å²) in [7, 11) is 1.50. The molecule has 1 spiro atoms. The molecule has 2 aliphatic heterocycles. The van der Waals surface area contributed by atoms with E-state index in [1.807, 2.05) is 0 Å². The molecule has 1 atom stereocenters. The maximum absolute atomic E-state index is 13.5. The number of carbonyl (C=O) groups excluding carboxylic acids is 1. The number of nitrogens with zero attached hydrogens (tertiary/aromatic N) is 2.